The van der Waals surface area contributed by atoms with Gasteiger partial charge in [0.05, 0.1) is 6.61 Å². The number of nitrogens with one attached hydrogen (secondary N) is 1. The SMILES string of the molecule is CCCCCOc1ccc2[nH]c(=O)ccc2c1. The lowest BCUT2D eigenvalue weighted by molar-refractivity contribution is 0.306. The average molecular weight is 231 g/mol. The normalized spacial score (nSPS) is 10.6. The summed E-state index contributed by atoms with van der Waals surface area (Å²) in [6.45, 7) is 2.93. The second-order valence-electron chi connectivity index (χ2n) is 4.13. The highest BCUT2D eigenvalue weighted by Crippen LogP contribution is 2.18. The van der Waals surface area contributed by atoms with E-state index in [2.05, 4.69) is 11.9 Å². The minimum atomic E-state index is -0.0749. The van der Waals surface area contributed by atoms with Gasteiger partial charge in [0, 0.05) is 17.0 Å². The van der Waals surface area contributed by atoms with Crippen molar-refractivity contribution in [1.29, 1.82) is 0 Å². The summed E-state index contributed by atoms with van der Waals surface area (Å²) in [5.41, 5.74) is 0.771. The Bertz CT molecular complexity index is 545. The van der Waals surface area contributed by atoms with E-state index in [-0.39, 0.29) is 5.56 Å². The fourth-order valence-electron chi connectivity index (χ4n) is 1.76. The number of aromatic nitrogens is 1. The maximum atomic E-state index is 11.1. The van der Waals surface area contributed by atoms with Crippen molar-refractivity contribution >= 4 is 10.9 Å². The molecule has 3 heteroatoms. The van der Waals surface area contributed by atoms with Gasteiger partial charge in [-0.25, -0.2) is 0 Å². The Morgan fingerprint density at radius 1 is 1.18 bits per heavy atom. The summed E-state index contributed by atoms with van der Waals surface area (Å²) in [7, 11) is 0. The van der Waals surface area contributed by atoms with Crippen molar-refractivity contribution in [3.05, 3.63) is 40.7 Å². The number of fused-ring (bicyclic) bond motifs is 1. The molecule has 2 rings (SSSR count). The van der Waals surface area contributed by atoms with E-state index >= 15 is 0 Å². The molecular weight excluding hydrogens is 214 g/mol. The van der Waals surface area contributed by atoms with E-state index in [1.54, 1.807) is 0 Å². The van der Waals surface area contributed by atoms with Gasteiger partial charge in [-0.05, 0) is 30.7 Å². The standard InChI is InChI=1S/C14H17NO2/c1-2-3-4-9-17-12-6-7-13-11(10-12)5-8-14(16)15-13/h5-8,10H,2-4,9H2,1H3,(H,15,16). The number of rotatable bonds is 5. The minimum Gasteiger partial charge on any atom is -0.494 e. The van der Waals surface area contributed by atoms with Gasteiger partial charge >= 0.3 is 0 Å². The van der Waals surface area contributed by atoms with Crippen LogP contribution in [0.3, 0.4) is 0 Å². The predicted molar refractivity (Wildman–Crippen MR) is 69.6 cm³/mol. The highest BCUT2D eigenvalue weighted by Gasteiger charge is 1.98. The van der Waals surface area contributed by atoms with Gasteiger partial charge < -0.3 is 9.72 Å². The van der Waals surface area contributed by atoms with Gasteiger partial charge in [-0.3, -0.25) is 4.79 Å². The van der Waals surface area contributed by atoms with Crippen LogP contribution >= 0.6 is 0 Å². The molecule has 0 aliphatic heterocycles. The van der Waals surface area contributed by atoms with Crippen LogP contribution in [0.4, 0.5) is 0 Å². The zero-order chi connectivity index (χ0) is 12.1. The number of H-pyrrole nitrogens is 1. The Balaban J connectivity index is 2.09. The number of unbranched alkanes of at least 4 members (excludes halogenated alkanes) is 2. The molecule has 1 N–H and O–H groups in total. The molecule has 0 spiro atoms. The molecule has 0 fully saturated rings. The lowest BCUT2D eigenvalue weighted by Gasteiger charge is -2.06. The van der Waals surface area contributed by atoms with E-state index < -0.39 is 0 Å². The van der Waals surface area contributed by atoms with Crippen molar-refractivity contribution in [1.82, 2.24) is 4.98 Å². The topological polar surface area (TPSA) is 42.1 Å². The molecule has 0 aliphatic rings. The fourth-order valence-corrected chi connectivity index (χ4v) is 1.76. The Labute approximate surface area is 100 Å². The summed E-state index contributed by atoms with van der Waals surface area (Å²) in [5, 5.41) is 0.998. The number of benzene rings is 1. The third kappa shape index (κ3) is 3.09. The first-order valence-corrected chi connectivity index (χ1v) is 6.05. The molecule has 0 atom stereocenters. The lowest BCUT2D eigenvalue weighted by atomic mass is 10.2. The largest absolute Gasteiger partial charge is 0.494 e. The average Bonchev–Trinajstić information content (AvgIpc) is 2.35. The zero-order valence-electron chi connectivity index (χ0n) is 10.0. The number of pyridine rings is 1. The summed E-state index contributed by atoms with van der Waals surface area (Å²) in [6.07, 6.45) is 3.48. The van der Waals surface area contributed by atoms with Crippen LogP contribution in [0.2, 0.25) is 0 Å². The van der Waals surface area contributed by atoms with Crippen molar-refractivity contribution in [2.24, 2.45) is 0 Å². The van der Waals surface area contributed by atoms with Gasteiger partial charge in [0.2, 0.25) is 5.56 Å². The monoisotopic (exact) mass is 231 g/mol. The molecule has 0 aliphatic carbocycles. The molecule has 0 saturated carbocycles. The van der Waals surface area contributed by atoms with E-state index in [4.69, 9.17) is 4.74 Å². The van der Waals surface area contributed by atoms with E-state index in [1.807, 2.05) is 24.3 Å². The van der Waals surface area contributed by atoms with Crippen molar-refractivity contribution in [3.63, 3.8) is 0 Å². The molecule has 1 aromatic heterocycles. The lowest BCUT2D eigenvalue weighted by Crippen LogP contribution is -2.02. The molecule has 1 heterocycles. The van der Waals surface area contributed by atoms with Crippen LogP contribution in [0.1, 0.15) is 26.2 Å². The van der Waals surface area contributed by atoms with Crippen LogP contribution < -0.4 is 10.3 Å². The van der Waals surface area contributed by atoms with E-state index in [0.717, 1.165) is 29.7 Å². The smallest absolute Gasteiger partial charge is 0.248 e. The Hall–Kier alpha value is -1.77. The summed E-state index contributed by atoms with van der Waals surface area (Å²) in [5.74, 6) is 0.862. The van der Waals surface area contributed by atoms with Gasteiger partial charge in [-0.2, -0.15) is 0 Å². The van der Waals surface area contributed by atoms with Crippen molar-refractivity contribution in [2.45, 2.75) is 26.2 Å². The predicted octanol–water partition coefficient (Wildman–Crippen LogP) is 3.10. The van der Waals surface area contributed by atoms with E-state index in [1.165, 1.54) is 18.9 Å². The van der Waals surface area contributed by atoms with Gasteiger partial charge in [0.1, 0.15) is 5.75 Å². The second-order valence-corrected chi connectivity index (χ2v) is 4.13. The maximum Gasteiger partial charge on any atom is 0.248 e. The molecule has 90 valence electrons. The summed E-state index contributed by atoms with van der Waals surface area (Å²) in [6, 6.07) is 9.07. The Kier molecular flexibility index (Phi) is 3.81. The van der Waals surface area contributed by atoms with Crippen LogP contribution in [0.5, 0.6) is 5.75 Å². The molecule has 0 saturated heterocycles. The van der Waals surface area contributed by atoms with Crippen LogP contribution in [-0.2, 0) is 0 Å². The molecule has 1 aromatic carbocycles. The summed E-state index contributed by atoms with van der Waals surface area (Å²) in [4.78, 5) is 13.9. The number of hydrogen-bond donors (Lipinski definition) is 1. The number of ether oxygens (including phenoxy) is 1. The molecular formula is C14H17NO2. The third-order valence-electron chi connectivity index (χ3n) is 2.71. The van der Waals surface area contributed by atoms with Crippen LogP contribution in [0, 0.1) is 0 Å². The maximum absolute atomic E-state index is 11.1. The molecule has 0 unspecified atom stereocenters. The number of aromatic amines is 1. The summed E-state index contributed by atoms with van der Waals surface area (Å²) < 4.78 is 5.65. The van der Waals surface area contributed by atoms with E-state index in [0.29, 0.717) is 0 Å². The van der Waals surface area contributed by atoms with Gasteiger partial charge in [-0.15, -0.1) is 0 Å². The fraction of sp³-hybridized carbons (Fsp3) is 0.357. The van der Waals surface area contributed by atoms with Crippen LogP contribution in [0.25, 0.3) is 10.9 Å². The van der Waals surface area contributed by atoms with Gasteiger partial charge in [0.15, 0.2) is 0 Å². The summed E-state index contributed by atoms with van der Waals surface area (Å²) >= 11 is 0. The Morgan fingerprint density at radius 3 is 2.88 bits per heavy atom. The van der Waals surface area contributed by atoms with Crippen molar-refractivity contribution < 1.29 is 4.74 Å². The highest BCUT2D eigenvalue weighted by molar-refractivity contribution is 5.79. The molecule has 3 nitrogen and oxygen atoms in total. The first-order chi connectivity index (χ1) is 8.29. The molecule has 0 bridgehead atoms. The molecule has 0 amide bonds. The molecule has 17 heavy (non-hydrogen) atoms. The van der Waals surface area contributed by atoms with Crippen molar-refractivity contribution in [2.75, 3.05) is 6.61 Å². The quantitative estimate of drug-likeness (QED) is 0.803. The highest BCUT2D eigenvalue weighted by atomic mass is 16.5. The second kappa shape index (κ2) is 5.53. The van der Waals surface area contributed by atoms with E-state index in [9.17, 15) is 4.79 Å². The zero-order valence-corrected chi connectivity index (χ0v) is 10.0. The van der Waals surface area contributed by atoms with Gasteiger partial charge in [-0.1, -0.05) is 19.8 Å². The Morgan fingerprint density at radius 2 is 2.06 bits per heavy atom. The first kappa shape index (κ1) is 11.7. The molecule has 2 aromatic rings. The molecule has 0 radical (unpaired) electrons. The minimum absolute atomic E-state index is 0.0749. The van der Waals surface area contributed by atoms with Crippen LogP contribution in [-0.4, -0.2) is 11.6 Å². The van der Waals surface area contributed by atoms with Crippen LogP contribution in [0.15, 0.2) is 35.1 Å². The number of hydrogen-bond acceptors (Lipinski definition) is 2. The van der Waals surface area contributed by atoms with Crippen molar-refractivity contribution in [3.8, 4) is 5.75 Å². The third-order valence-corrected chi connectivity index (χ3v) is 2.71. The first-order valence-electron chi connectivity index (χ1n) is 6.05. The van der Waals surface area contributed by atoms with Gasteiger partial charge in [0.25, 0.3) is 0 Å².